The first-order chi connectivity index (χ1) is 12.8. The zero-order chi connectivity index (χ0) is 19.6. The van der Waals surface area contributed by atoms with Crippen molar-refractivity contribution in [2.45, 2.75) is 37.8 Å². The highest BCUT2D eigenvalue weighted by Crippen LogP contribution is 2.22. The first kappa shape index (κ1) is 20.0. The lowest BCUT2D eigenvalue weighted by atomic mass is 10.3. The number of rotatable bonds is 6. The summed E-state index contributed by atoms with van der Waals surface area (Å²) in [4.78, 5) is 26.3. The molecule has 8 nitrogen and oxygen atoms in total. The number of amides is 1. The highest BCUT2D eigenvalue weighted by atomic mass is 32.2. The van der Waals surface area contributed by atoms with E-state index in [1.54, 1.807) is 17.9 Å². The number of sulfonamides is 1. The van der Waals surface area contributed by atoms with Crippen molar-refractivity contribution < 1.29 is 17.9 Å². The number of ether oxygens (including phenoxy) is 1. The third kappa shape index (κ3) is 4.40. The Morgan fingerprint density at radius 3 is 2.70 bits per heavy atom. The maximum Gasteiger partial charge on any atom is 0.308 e. The molecule has 1 aliphatic heterocycles. The van der Waals surface area contributed by atoms with Crippen LogP contribution < -0.4 is 9.60 Å². The zero-order valence-electron chi connectivity index (χ0n) is 15.3. The maximum atomic E-state index is 12.5. The van der Waals surface area contributed by atoms with Gasteiger partial charge < -0.3 is 9.64 Å². The van der Waals surface area contributed by atoms with Gasteiger partial charge in [-0.1, -0.05) is 18.3 Å². The Kier molecular flexibility index (Phi) is 5.99. The van der Waals surface area contributed by atoms with Crippen LogP contribution in [0.15, 0.2) is 27.9 Å². The van der Waals surface area contributed by atoms with E-state index in [9.17, 15) is 18.0 Å². The van der Waals surface area contributed by atoms with Gasteiger partial charge in [-0.05, 0) is 31.5 Å². The highest BCUT2D eigenvalue weighted by Gasteiger charge is 2.21. The standard InChI is InChI=1S/C17H23N3O5S2/c1-3-12(2)18-27(23,24)13-4-5-14-15(10-13)26-17(22)20(14)11-16(21)19-6-8-25-9-7-19/h4-5,10,12,18H,3,6-9,11H2,1-2H3/t12-/m1/s1. The summed E-state index contributed by atoms with van der Waals surface area (Å²) in [6.07, 6.45) is 0.675. The quantitative estimate of drug-likeness (QED) is 0.762. The first-order valence-corrected chi connectivity index (χ1v) is 11.1. The molecule has 1 saturated heterocycles. The number of fused-ring (bicyclic) bond motifs is 1. The van der Waals surface area contributed by atoms with Crippen molar-refractivity contribution in [3.63, 3.8) is 0 Å². The Hall–Kier alpha value is -1.75. The van der Waals surface area contributed by atoms with Crippen LogP contribution in [0.25, 0.3) is 10.2 Å². The Morgan fingerprint density at radius 2 is 2.04 bits per heavy atom. The van der Waals surface area contributed by atoms with E-state index < -0.39 is 10.0 Å². The lowest BCUT2D eigenvalue weighted by Crippen LogP contribution is -2.43. The minimum Gasteiger partial charge on any atom is -0.378 e. The van der Waals surface area contributed by atoms with Gasteiger partial charge in [0.2, 0.25) is 15.9 Å². The van der Waals surface area contributed by atoms with Gasteiger partial charge in [0.05, 0.1) is 28.3 Å². The van der Waals surface area contributed by atoms with Gasteiger partial charge in [0.25, 0.3) is 0 Å². The number of carbonyl (C=O) groups is 1. The Labute approximate surface area is 161 Å². The predicted octanol–water partition coefficient (Wildman–Crippen LogP) is 0.999. The van der Waals surface area contributed by atoms with Gasteiger partial charge in [-0.15, -0.1) is 0 Å². The molecule has 1 N–H and O–H groups in total. The van der Waals surface area contributed by atoms with E-state index in [0.717, 1.165) is 11.3 Å². The molecule has 1 amide bonds. The smallest absolute Gasteiger partial charge is 0.308 e. The number of hydrogen-bond donors (Lipinski definition) is 1. The van der Waals surface area contributed by atoms with Crippen LogP contribution in [0.3, 0.4) is 0 Å². The van der Waals surface area contributed by atoms with Crippen molar-refractivity contribution >= 4 is 37.5 Å². The molecule has 1 aromatic heterocycles. The fraction of sp³-hybridized carbons (Fsp3) is 0.529. The van der Waals surface area contributed by atoms with E-state index in [2.05, 4.69) is 4.72 Å². The van der Waals surface area contributed by atoms with Crippen molar-refractivity contribution in [3.8, 4) is 0 Å². The molecule has 1 fully saturated rings. The van der Waals surface area contributed by atoms with Crippen LogP contribution >= 0.6 is 11.3 Å². The predicted molar refractivity (Wildman–Crippen MR) is 104 cm³/mol. The molecular weight excluding hydrogens is 390 g/mol. The number of morpholine rings is 1. The Balaban J connectivity index is 1.88. The monoisotopic (exact) mass is 413 g/mol. The first-order valence-electron chi connectivity index (χ1n) is 8.83. The van der Waals surface area contributed by atoms with Crippen molar-refractivity contribution in [1.82, 2.24) is 14.2 Å². The average Bonchev–Trinajstić information content (AvgIpc) is 2.96. The number of nitrogens with one attached hydrogen (secondary N) is 1. The van der Waals surface area contributed by atoms with Gasteiger partial charge >= 0.3 is 4.87 Å². The second kappa shape index (κ2) is 8.09. The van der Waals surface area contributed by atoms with Gasteiger partial charge in [-0.25, -0.2) is 13.1 Å². The minimum atomic E-state index is -3.65. The van der Waals surface area contributed by atoms with Crippen LogP contribution in [0, 0.1) is 0 Å². The Bertz CT molecular complexity index is 990. The number of benzene rings is 1. The molecule has 1 aliphatic rings. The van der Waals surface area contributed by atoms with Crippen LogP contribution in [0.4, 0.5) is 0 Å². The molecule has 148 valence electrons. The Morgan fingerprint density at radius 1 is 1.33 bits per heavy atom. The lowest BCUT2D eigenvalue weighted by Gasteiger charge is -2.26. The SMILES string of the molecule is CC[C@@H](C)NS(=O)(=O)c1ccc2c(c1)sc(=O)n2CC(=O)N1CCOCC1. The van der Waals surface area contributed by atoms with Crippen molar-refractivity contribution in [1.29, 1.82) is 0 Å². The van der Waals surface area contributed by atoms with Gasteiger partial charge in [0.1, 0.15) is 6.54 Å². The van der Waals surface area contributed by atoms with Crippen LogP contribution in [-0.2, 0) is 26.1 Å². The van der Waals surface area contributed by atoms with Crippen LogP contribution in [-0.4, -0.2) is 56.1 Å². The third-order valence-corrected chi connectivity index (χ3v) is 7.11. The van der Waals surface area contributed by atoms with Crippen LogP contribution in [0.1, 0.15) is 20.3 Å². The van der Waals surface area contributed by atoms with E-state index in [4.69, 9.17) is 4.74 Å². The fourth-order valence-corrected chi connectivity index (χ4v) is 5.19. The molecule has 10 heteroatoms. The zero-order valence-corrected chi connectivity index (χ0v) is 16.9. The van der Waals surface area contributed by atoms with Crippen molar-refractivity contribution in [3.05, 3.63) is 27.9 Å². The second-order valence-corrected chi connectivity index (χ2v) is 9.21. The van der Waals surface area contributed by atoms with Crippen molar-refractivity contribution in [2.24, 2.45) is 0 Å². The number of aromatic nitrogens is 1. The summed E-state index contributed by atoms with van der Waals surface area (Å²) >= 11 is 0.942. The lowest BCUT2D eigenvalue weighted by molar-refractivity contribution is -0.135. The van der Waals surface area contributed by atoms with Gasteiger partial charge in [0, 0.05) is 19.1 Å². The summed E-state index contributed by atoms with van der Waals surface area (Å²) in [6, 6.07) is 4.36. The molecule has 0 spiro atoms. The number of nitrogens with zero attached hydrogens (tertiary/aromatic N) is 2. The number of hydrogen-bond acceptors (Lipinski definition) is 6. The molecule has 1 atom stereocenters. The third-order valence-electron chi connectivity index (χ3n) is 4.58. The molecule has 0 saturated carbocycles. The number of carbonyl (C=O) groups excluding carboxylic acids is 1. The van der Waals surface area contributed by atoms with Crippen molar-refractivity contribution in [2.75, 3.05) is 26.3 Å². The average molecular weight is 414 g/mol. The van der Waals surface area contributed by atoms with Gasteiger partial charge in [0.15, 0.2) is 0 Å². The molecule has 3 rings (SSSR count). The summed E-state index contributed by atoms with van der Waals surface area (Å²) in [6.45, 7) is 5.65. The molecule has 0 aliphatic carbocycles. The molecule has 27 heavy (non-hydrogen) atoms. The van der Waals surface area contributed by atoms with Gasteiger partial charge in [-0.3, -0.25) is 14.2 Å². The fourth-order valence-electron chi connectivity index (χ4n) is 2.83. The molecular formula is C17H23N3O5S2. The minimum absolute atomic E-state index is 0.0595. The summed E-state index contributed by atoms with van der Waals surface area (Å²) in [7, 11) is -3.65. The van der Waals surface area contributed by atoms with E-state index in [1.165, 1.54) is 16.7 Å². The summed E-state index contributed by atoms with van der Waals surface area (Å²) in [5, 5.41) is 0. The largest absolute Gasteiger partial charge is 0.378 e. The second-order valence-electron chi connectivity index (χ2n) is 6.51. The molecule has 0 bridgehead atoms. The van der Waals surface area contributed by atoms with Crippen LogP contribution in [0.5, 0.6) is 0 Å². The number of thiazole rings is 1. The molecule has 0 radical (unpaired) electrons. The molecule has 0 unspecified atom stereocenters. The topological polar surface area (TPSA) is 97.7 Å². The van der Waals surface area contributed by atoms with E-state index in [0.29, 0.717) is 42.9 Å². The van der Waals surface area contributed by atoms with E-state index in [1.807, 2.05) is 6.92 Å². The van der Waals surface area contributed by atoms with E-state index >= 15 is 0 Å². The summed E-state index contributed by atoms with van der Waals surface area (Å²) in [5.41, 5.74) is 0.564. The highest BCUT2D eigenvalue weighted by molar-refractivity contribution is 7.89. The summed E-state index contributed by atoms with van der Waals surface area (Å²) < 4.78 is 34.7. The molecule has 2 heterocycles. The van der Waals surface area contributed by atoms with E-state index in [-0.39, 0.29) is 28.3 Å². The molecule has 2 aromatic rings. The van der Waals surface area contributed by atoms with Crippen LogP contribution in [0.2, 0.25) is 0 Å². The van der Waals surface area contributed by atoms with Gasteiger partial charge in [-0.2, -0.15) is 0 Å². The molecule has 1 aromatic carbocycles. The maximum absolute atomic E-state index is 12.5. The summed E-state index contributed by atoms with van der Waals surface area (Å²) in [5.74, 6) is -0.143. The normalized spacial score (nSPS) is 16.6.